The van der Waals surface area contributed by atoms with Crippen LogP contribution in [0.25, 0.3) is 0 Å². The van der Waals surface area contributed by atoms with E-state index in [0.29, 0.717) is 19.0 Å². The highest BCUT2D eigenvalue weighted by Gasteiger charge is 2.25. The SMILES string of the molecule is COc1cccc(CN2CCCC(C(=O)O)C2)n1. The summed E-state index contributed by atoms with van der Waals surface area (Å²) in [6.45, 7) is 2.22. The van der Waals surface area contributed by atoms with Gasteiger partial charge in [-0.3, -0.25) is 9.69 Å². The van der Waals surface area contributed by atoms with Gasteiger partial charge in [0.1, 0.15) is 0 Å². The normalized spacial score (nSPS) is 20.6. The Kier molecular flexibility index (Phi) is 4.15. The first-order valence-electron chi connectivity index (χ1n) is 6.14. The predicted octanol–water partition coefficient (Wildman–Crippen LogP) is 1.39. The first kappa shape index (κ1) is 12.8. The lowest BCUT2D eigenvalue weighted by Crippen LogP contribution is -2.38. The summed E-state index contributed by atoms with van der Waals surface area (Å²) in [5.41, 5.74) is 0.917. The molecule has 0 saturated carbocycles. The lowest BCUT2D eigenvalue weighted by molar-refractivity contribution is -0.143. The highest BCUT2D eigenvalue weighted by atomic mass is 16.5. The molecule has 1 aromatic heterocycles. The van der Waals surface area contributed by atoms with Crippen LogP contribution in [0, 0.1) is 5.92 Å². The van der Waals surface area contributed by atoms with E-state index in [4.69, 9.17) is 9.84 Å². The van der Waals surface area contributed by atoms with Gasteiger partial charge in [0.05, 0.1) is 18.7 Å². The van der Waals surface area contributed by atoms with Crippen LogP contribution in [0.5, 0.6) is 5.88 Å². The number of rotatable bonds is 4. The van der Waals surface area contributed by atoms with Gasteiger partial charge in [0.25, 0.3) is 0 Å². The van der Waals surface area contributed by atoms with E-state index in [1.807, 2.05) is 12.1 Å². The molecule has 5 heteroatoms. The minimum atomic E-state index is -0.696. The summed E-state index contributed by atoms with van der Waals surface area (Å²) < 4.78 is 5.08. The maximum Gasteiger partial charge on any atom is 0.307 e. The van der Waals surface area contributed by atoms with Gasteiger partial charge in [0.2, 0.25) is 5.88 Å². The molecular weight excluding hydrogens is 232 g/mol. The maximum absolute atomic E-state index is 11.0. The Bertz CT molecular complexity index is 422. The van der Waals surface area contributed by atoms with Crippen molar-refractivity contribution in [2.75, 3.05) is 20.2 Å². The Morgan fingerprint density at radius 2 is 2.44 bits per heavy atom. The molecule has 0 amide bonds. The second-order valence-corrected chi connectivity index (χ2v) is 4.58. The Morgan fingerprint density at radius 1 is 1.61 bits per heavy atom. The molecule has 18 heavy (non-hydrogen) atoms. The van der Waals surface area contributed by atoms with Gasteiger partial charge in [-0.1, -0.05) is 6.07 Å². The molecule has 0 spiro atoms. The number of pyridine rings is 1. The fourth-order valence-electron chi connectivity index (χ4n) is 2.29. The molecule has 1 aliphatic heterocycles. The molecular formula is C13H18N2O3. The summed E-state index contributed by atoms with van der Waals surface area (Å²) >= 11 is 0. The molecule has 0 aliphatic carbocycles. The summed E-state index contributed by atoms with van der Waals surface area (Å²) in [5, 5.41) is 9.04. The lowest BCUT2D eigenvalue weighted by Gasteiger charge is -2.30. The average molecular weight is 250 g/mol. The number of piperidine rings is 1. The van der Waals surface area contributed by atoms with E-state index in [0.717, 1.165) is 25.1 Å². The van der Waals surface area contributed by atoms with E-state index in [2.05, 4.69) is 9.88 Å². The highest BCUT2D eigenvalue weighted by Crippen LogP contribution is 2.18. The smallest absolute Gasteiger partial charge is 0.307 e. The van der Waals surface area contributed by atoms with Crippen molar-refractivity contribution in [2.24, 2.45) is 5.92 Å². The quantitative estimate of drug-likeness (QED) is 0.874. The van der Waals surface area contributed by atoms with Crippen molar-refractivity contribution in [1.29, 1.82) is 0 Å². The van der Waals surface area contributed by atoms with Gasteiger partial charge < -0.3 is 9.84 Å². The van der Waals surface area contributed by atoms with Crippen molar-refractivity contribution in [1.82, 2.24) is 9.88 Å². The minimum absolute atomic E-state index is 0.246. The molecule has 2 rings (SSSR count). The Balaban J connectivity index is 1.97. The van der Waals surface area contributed by atoms with Gasteiger partial charge in [0, 0.05) is 19.2 Å². The third kappa shape index (κ3) is 3.20. The van der Waals surface area contributed by atoms with Gasteiger partial charge in [-0.2, -0.15) is 0 Å². The van der Waals surface area contributed by atoms with E-state index < -0.39 is 5.97 Å². The topological polar surface area (TPSA) is 62.7 Å². The molecule has 0 bridgehead atoms. The number of likely N-dealkylation sites (tertiary alicyclic amines) is 1. The number of methoxy groups -OCH3 is 1. The largest absolute Gasteiger partial charge is 0.481 e. The third-order valence-electron chi connectivity index (χ3n) is 3.23. The molecule has 0 aromatic carbocycles. The van der Waals surface area contributed by atoms with E-state index >= 15 is 0 Å². The average Bonchev–Trinajstić information content (AvgIpc) is 2.39. The number of carbonyl (C=O) groups is 1. The summed E-state index contributed by atoms with van der Waals surface area (Å²) in [4.78, 5) is 17.5. The van der Waals surface area contributed by atoms with Crippen molar-refractivity contribution in [3.63, 3.8) is 0 Å². The van der Waals surface area contributed by atoms with Crippen LogP contribution in [0.3, 0.4) is 0 Å². The zero-order chi connectivity index (χ0) is 13.0. The van der Waals surface area contributed by atoms with Crippen molar-refractivity contribution >= 4 is 5.97 Å². The van der Waals surface area contributed by atoms with Gasteiger partial charge >= 0.3 is 5.97 Å². The van der Waals surface area contributed by atoms with Crippen LogP contribution in [-0.4, -0.2) is 41.2 Å². The van der Waals surface area contributed by atoms with Crippen LogP contribution in [0.4, 0.5) is 0 Å². The number of carboxylic acids is 1. The third-order valence-corrected chi connectivity index (χ3v) is 3.23. The van der Waals surface area contributed by atoms with Gasteiger partial charge in [0.15, 0.2) is 0 Å². The van der Waals surface area contributed by atoms with Crippen molar-refractivity contribution in [2.45, 2.75) is 19.4 Å². The molecule has 5 nitrogen and oxygen atoms in total. The standard InChI is InChI=1S/C13H18N2O3/c1-18-12-6-2-5-11(14-12)9-15-7-3-4-10(8-15)13(16)17/h2,5-6,10H,3-4,7-9H2,1H3,(H,16,17). The van der Waals surface area contributed by atoms with Crippen LogP contribution in [0.2, 0.25) is 0 Å². The first-order chi connectivity index (χ1) is 8.69. The second kappa shape index (κ2) is 5.82. The van der Waals surface area contributed by atoms with Gasteiger partial charge in [-0.15, -0.1) is 0 Å². The van der Waals surface area contributed by atoms with Crippen molar-refractivity contribution < 1.29 is 14.6 Å². The number of aliphatic carboxylic acids is 1. The minimum Gasteiger partial charge on any atom is -0.481 e. The van der Waals surface area contributed by atoms with Crippen LogP contribution in [-0.2, 0) is 11.3 Å². The fourth-order valence-corrected chi connectivity index (χ4v) is 2.29. The predicted molar refractivity (Wildman–Crippen MR) is 66.4 cm³/mol. The molecule has 98 valence electrons. The first-order valence-corrected chi connectivity index (χ1v) is 6.14. The number of hydrogen-bond donors (Lipinski definition) is 1. The fraction of sp³-hybridized carbons (Fsp3) is 0.538. The second-order valence-electron chi connectivity index (χ2n) is 4.58. The van der Waals surface area contributed by atoms with Gasteiger partial charge in [-0.05, 0) is 25.5 Å². The molecule has 1 aliphatic rings. The zero-order valence-corrected chi connectivity index (χ0v) is 10.5. The molecule has 1 atom stereocenters. The highest BCUT2D eigenvalue weighted by molar-refractivity contribution is 5.70. The molecule has 0 radical (unpaired) electrons. The van der Waals surface area contributed by atoms with Crippen LogP contribution in [0.1, 0.15) is 18.5 Å². The van der Waals surface area contributed by atoms with Gasteiger partial charge in [-0.25, -0.2) is 4.98 Å². The summed E-state index contributed by atoms with van der Waals surface area (Å²) in [6.07, 6.45) is 1.71. The zero-order valence-electron chi connectivity index (χ0n) is 10.5. The molecule has 1 saturated heterocycles. The maximum atomic E-state index is 11.0. The van der Waals surface area contributed by atoms with E-state index in [-0.39, 0.29) is 5.92 Å². The summed E-state index contributed by atoms with van der Waals surface area (Å²) in [6, 6.07) is 5.65. The van der Waals surface area contributed by atoms with Crippen molar-refractivity contribution in [3.8, 4) is 5.88 Å². The summed E-state index contributed by atoms with van der Waals surface area (Å²) in [7, 11) is 1.59. The van der Waals surface area contributed by atoms with Crippen LogP contribution in [0.15, 0.2) is 18.2 Å². The number of ether oxygens (including phenoxy) is 1. The lowest BCUT2D eigenvalue weighted by atomic mass is 9.98. The molecule has 1 fully saturated rings. The van der Waals surface area contributed by atoms with E-state index in [1.165, 1.54) is 0 Å². The van der Waals surface area contributed by atoms with E-state index in [9.17, 15) is 4.79 Å². The number of hydrogen-bond acceptors (Lipinski definition) is 4. The molecule has 1 aromatic rings. The summed E-state index contributed by atoms with van der Waals surface area (Å²) in [5.74, 6) is -0.345. The number of nitrogens with zero attached hydrogens (tertiary/aromatic N) is 2. The van der Waals surface area contributed by atoms with E-state index in [1.54, 1.807) is 13.2 Å². The Morgan fingerprint density at radius 3 is 3.17 bits per heavy atom. The Hall–Kier alpha value is -1.62. The molecule has 1 unspecified atom stereocenters. The van der Waals surface area contributed by atoms with Crippen LogP contribution < -0.4 is 4.74 Å². The van der Waals surface area contributed by atoms with Crippen molar-refractivity contribution in [3.05, 3.63) is 23.9 Å². The molecule has 1 N–H and O–H groups in total. The molecule has 2 heterocycles. The number of carboxylic acid groups (broad SMARTS) is 1. The Labute approximate surface area is 106 Å². The number of aromatic nitrogens is 1. The van der Waals surface area contributed by atoms with Crippen LogP contribution >= 0.6 is 0 Å². The monoisotopic (exact) mass is 250 g/mol.